The summed E-state index contributed by atoms with van der Waals surface area (Å²) < 4.78 is 0.939. The zero-order valence-electron chi connectivity index (χ0n) is 17.9. The summed E-state index contributed by atoms with van der Waals surface area (Å²) in [5.74, 6) is -0.698. The highest BCUT2D eigenvalue weighted by Crippen LogP contribution is 2.60. The molecule has 1 fully saturated rings. The maximum absolute atomic E-state index is 14.0. The number of hydrogen-bond acceptors (Lipinski definition) is 4. The van der Waals surface area contributed by atoms with Gasteiger partial charge in [0, 0.05) is 21.3 Å². The number of rotatable bonds is 3. The molecule has 4 nitrogen and oxygen atoms in total. The zero-order chi connectivity index (χ0) is 23.2. The predicted molar refractivity (Wildman–Crippen MR) is 135 cm³/mol. The summed E-state index contributed by atoms with van der Waals surface area (Å²) in [4.78, 5) is 16.0. The molecule has 33 heavy (non-hydrogen) atoms. The van der Waals surface area contributed by atoms with Crippen molar-refractivity contribution in [1.29, 1.82) is 10.5 Å². The lowest BCUT2D eigenvalue weighted by molar-refractivity contribution is 0.0874. The minimum atomic E-state index is -1.44. The first-order chi connectivity index (χ1) is 16.0. The number of ketones is 1. The van der Waals surface area contributed by atoms with Crippen LogP contribution in [0.15, 0.2) is 79.0 Å². The SMILES string of the molecule is Cc1ccc(C(=O)[C@@H]2[C@@H](c3ccccc3I)C(C#N)(C#N)[C@H]3c4ccccc4C=CN23)cc1. The lowest BCUT2D eigenvalue weighted by Gasteiger charge is -2.34. The molecular weight excluding hydrogens is 521 g/mol. The van der Waals surface area contributed by atoms with Crippen molar-refractivity contribution < 1.29 is 4.79 Å². The second kappa shape index (κ2) is 8.17. The Morgan fingerprint density at radius 1 is 0.939 bits per heavy atom. The number of aryl methyl sites for hydroxylation is 1. The van der Waals surface area contributed by atoms with Gasteiger partial charge in [-0.3, -0.25) is 4.79 Å². The van der Waals surface area contributed by atoms with E-state index in [1.54, 1.807) is 0 Å². The van der Waals surface area contributed by atoms with Crippen LogP contribution in [0.4, 0.5) is 0 Å². The van der Waals surface area contributed by atoms with Crippen LogP contribution in [0, 0.1) is 38.6 Å². The number of carbonyl (C=O) groups excluding carboxylic acids is 1. The van der Waals surface area contributed by atoms with Crippen molar-refractivity contribution in [2.75, 3.05) is 0 Å². The highest BCUT2D eigenvalue weighted by molar-refractivity contribution is 14.1. The summed E-state index contributed by atoms with van der Waals surface area (Å²) in [6.45, 7) is 1.98. The second-order valence-corrected chi connectivity index (χ2v) is 9.72. The fourth-order valence-corrected chi connectivity index (χ4v) is 5.98. The molecule has 0 unspecified atom stereocenters. The van der Waals surface area contributed by atoms with Gasteiger partial charge in [0.2, 0.25) is 0 Å². The van der Waals surface area contributed by atoms with E-state index in [2.05, 4.69) is 34.7 Å². The summed E-state index contributed by atoms with van der Waals surface area (Å²) >= 11 is 2.24. The first kappa shape index (κ1) is 21.4. The van der Waals surface area contributed by atoms with Crippen LogP contribution in [-0.2, 0) is 0 Å². The van der Waals surface area contributed by atoms with Gasteiger partial charge in [-0.25, -0.2) is 0 Å². The Hall–Kier alpha value is -3.42. The molecule has 2 heterocycles. The quantitative estimate of drug-likeness (QED) is 0.301. The van der Waals surface area contributed by atoms with Crippen molar-refractivity contribution in [2.24, 2.45) is 5.41 Å². The monoisotopic (exact) mass is 541 g/mol. The van der Waals surface area contributed by atoms with E-state index in [-0.39, 0.29) is 5.78 Å². The van der Waals surface area contributed by atoms with Gasteiger partial charge >= 0.3 is 0 Å². The third kappa shape index (κ3) is 3.19. The molecule has 3 aromatic rings. The third-order valence-electron chi connectivity index (χ3n) is 6.79. The second-order valence-electron chi connectivity index (χ2n) is 8.56. The Kier molecular flexibility index (Phi) is 5.31. The van der Waals surface area contributed by atoms with E-state index in [0.717, 1.165) is 25.8 Å². The van der Waals surface area contributed by atoms with E-state index in [1.807, 2.05) is 96.9 Å². The molecule has 160 valence electrons. The summed E-state index contributed by atoms with van der Waals surface area (Å²) in [5, 5.41) is 21.1. The molecule has 5 rings (SSSR count). The smallest absolute Gasteiger partial charge is 0.185 e. The summed E-state index contributed by atoms with van der Waals surface area (Å²) in [6, 6.07) is 26.6. The maximum Gasteiger partial charge on any atom is 0.185 e. The molecule has 3 aromatic carbocycles. The molecule has 0 saturated carbocycles. The number of halogens is 1. The fourth-order valence-electron chi connectivity index (χ4n) is 5.25. The lowest BCUT2D eigenvalue weighted by Crippen LogP contribution is -2.38. The maximum atomic E-state index is 14.0. The Balaban J connectivity index is 1.79. The number of hydrogen-bond donors (Lipinski definition) is 0. The van der Waals surface area contributed by atoms with E-state index in [4.69, 9.17) is 0 Å². The van der Waals surface area contributed by atoms with Gasteiger partial charge in [-0.1, -0.05) is 72.3 Å². The minimum Gasteiger partial charge on any atom is -0.357 e. The van der Waals surface area contributed by atoms with Crippen LogP contribution in [0.1, 0.15) is 44.6 Å². The molecule has 0 bridgehead atoms. The van der Waals surface area contributed by atoms with Crippen LogP contribution in [0.3, 0.4) is 0 Å². The number of benzene rings is 3. The van der Waals surface area contributed by atoms with E-state index >= 15 is 0 Å². The molecule has 0 aromatic heterocycles. The largest absolute Gasteiger partial charge is 0.357 e. The van der Waals surface area contributed by atoms with Crippen LogP contribution in [0.25, 0.3) is 6.08 Å². The molecule has 2 aliphatic heterocycles. The molecule has 0 spiro atoms. The van der Waals surface area contributed by atoms with E-state index in [0.29, 0.717) is 5.56 Å². The van der Waals surface area contributed by atoms with Gasteiger partial charge in [0.25, 0.3) is 0 Å². The van der Waals surface area contributed by atoms with Crippen molar-refractivity contribution in [1.82, 2.24) is 4.90 Å². The normalized spacial score (nSPS) is 22.1. The Labute approximate surface area is 206 Å². The average Bonchev–Trinajstić information content (AvgIpc) is 3.15. The van der Waals surface area contributed by atoms with Crippen molar-refractivity contribution >= 4 is 34.5 Å². The zero-order valence-corrected chi connectivity index (χ0v) is 20.1. The topological polar surface area (TPSA) is 67.9 Å². The van der Waals surface area contributed by atoms with Crippen molar-refractivity contribution in [2.45, 2.75) is 24.9 Å². The Morgan fingerprint density at radius 2 is 1.58 bits per heavy atom. The van der Waals surface area contributed by atoms with Gasteiger partial charge in [-0.2, -0.15) is 10.5 Å². The predicted octanol–water partition coefficient (Wildman–Crippen LogP) is 6.01. The molecule has 0 N–H and O–H groups in total. The molecule has 0 radical (unpaired) electrons. The first-order valence-corrected chi connectivity index (χ1v) is 11.8. The van der Waals surface area contributed by atoms with Crippen LogP contribution < -0.4 is 0 Å². The molecule has 0 amide bonds. The summed E-state index contributed by atoms with van der Waals surface area (Å²) in [5.41, 5.74) is 2.94. The molecule has 2 aliphatic rings. The van der Waals surface area contributed by atoms with Crippen LogP contribution >= 0.6 is 22.6 Å². The van der Waals surface area contributed by atoms with Crippen LogP contribution in [0.5, 0.6) is 0 Å². The van der Waals surface area contributed by atoms with E-state index < -0.39 is 23.4 Å². The van der Waals surface area contributed by atoms with Crippen LogP contribution in [-0.4, -0.2) is 16.7 Å². The third-order valence-corrected chi connectivity index (χ3v) is 7.77. The highest BCUT2D eigenvalue weighted by Gasteiger charge is 2.64. The van der Waals surface area contributed by atoms with Gasteiger partial charge in [0.1, 0.15) is 6.04 Å². The number of fused-ring (bicyclic) bond motifs is 3. The van der Waals surface area contributed by atoms with Crippen molar-refractivity contribution in [3.8, 4) is 12.1 Å². The fraction of sp³-hybridized carbons (Fsp3) is 0.179. The molecule has 5 heteroatoms. The number of carbonyl (C=O) groups is 1. The van der Waals surface area contributed by atoms with Crippen molar-refractivity contribution in [3.63, 3.8) is 0 Å². The highest BCUT2D eigenvalue weighted by atomic mass is 127. The van der Waals surface area contributed by atoms with E-state index in [1.165, 1.54) is 0 Å². The molecular formula is C28H20IN3O. The standard InChI is InChI=1S/C28H20IN3O/c1-18-10-12-20(13-11-18)26(33)25-24(22-8-4-5-9-23(22)29)28(16-30,17-31)27-21-7-3-2-6-19(21)14-15-32(25)27/h2-15,24-25,27H,1H3/t24-,25+,27-/m1/s1. The van der Waals surface area contributed by atoms with Gasteiger partial charge in [0.05, 0.1) is 18.2 Å². The Morgan fingerprint density at radius 3 is 2.24 bits per heavy atom. The summed E-state index contributed by atoms with van der Waals surface area (Å²) in [7, 11) is 0. The molecule has 3 atom stereocenters. The molecule has 1 saturated heterocycles. The molecule has 0 aliphatic carbocycles. The van der Waals surface area contributed by atoms with E-state index in [9.17, 15) is 15.3 Å². The van der Waals surface area contributed by atoms with Gasteiger partial charge in [-0.15, -0.1) is 0 Å². The van der Waals surface area contributed by atoms with Gasteiger partial charge in [-0.05, 0) is 58.3 Å². The Bertz CT molecular complexity index is 1350. The first-order valence-electron chi connectivity index (χ1n) is 10.7. The lowest BCUT2D eigenvalue weighted by atomic mass is 9.67. The van der Waals surface area contributed by atoms with Crippen LogP contribution in [0.2, 0.25) is 0 Å². The van der Waals surface area contributed by atoms with Crippen molar-refractivity contribution in [3.05, 3.63) is 110 Å². The minimum absolute atomic E-state index is 0.0824. The number of nitriles is 2. The summed E-state index contributed by atoms with van der Waals surface area (Å²) in [6.07, 6.45) is 3.86. The number of nitrogens with zero attached hydrogens (tertiary/aromatic N) is 3. The number of Topliss-reactive ketones (excluding diaryl/α,β-unsaturated/α-hetero) is 1. The van der Waals surface area contributed by atoms with Gasteiger partial charge in [0.15, 0.2) is 11.2 Å². The van der Waals surface area contributed by atoms with Gasteiger partial charge < -0.3 is 4.90 Å². The average molecular weight is 541 g/mol.